The number of hydrogen-bond donors (Lipinski definition) is 3. The van der Waals surface area contributed by atoms with Crippen LogP contribution in [-0.4, -0.2) is 31.4 Å². The van der Waals surface area contributed by atoms with Gasteiger partial charge in [-0.25, -0.2) is 0 Å². The summed E-state index contributed by atoms with van der Waals surface area (Å²) in [6.07, 6.45) is 1.70. The molecule has 0 fully saturated rings. The highest BCUT2D eigenvalue weighted by atomic mass is 16.5. The van der Waals surface area contributed by atoms with Crippen molar-refractivity contribution >= 4 is 0 Å². The number of aliphatic hydroxyl groups is 1. The Morgan fingerprint density at radius 2 is 2.11 bits per heavy atom. The van der Waals surface area contributed by atoms with Crippen LogP contribution in [-0.2, 0) is 0 Å². The molecule has 0 aliphatic rings. The van der Waals surface area contributed by atoms with Gasteiger partial charge in [0.2, 0.25) is 0 Å². The van der Waals surface area contributed by atoms with Crippen molar-refractivity contribution in [2.24, 2.45) is 5.73 Å². The van der Waals surface area contributed by atoms with E-state index < -0.39 is 0 Å². The van der Waals surface area contributed by atoms with Crippen LogP contribution in [0.4, 0.5) is 0 Å². The second-order valence-electron chi connectivity index (χ2n) is 4.31. The molecule has 102 valence electrons. The number of para-hydroxylation sites is 1. The monoisotopic (exact) mass is 252 g/mol. The van der Waals surface area contributed by atoms with E-state index in [0.29, 0.717) is 6.54 Å². The number of nitrogens with one attached hydrogen (secondary N) is 1. The zero-order chi connectivity index (χ0) is 13.4. The van der Waals surface area contributed by atoms with Crippen molar-refractivity contribution in [2.45, 2.75) is 31.8 Å². The van der Waals surface area contributed by atoms with Gasteiger partial charge in [0.05, 0.1) is 7.11 Å². The van der Waals surface area contributed by atoms with E-state index in [1.165, 1.54) is 0 Å². The maximum absolute atomic E-state index is 9.03. The Labute approximate surface area is 109 Å². The molecule has 4 nitrogen and oxygen atoms in total. The smallest absolute Gasteiger partial charge is 0.123 e. The van der Waals surface area contributed by atoms with Crippen LogP contribution in [0.25, 0.3) is 0 Å². The Morgan fingerprint density at radius 3 is 2.67 bits per heavy atom. The van der Waals surface area contributed by atoms with Crippen molar-refractivity contribution < 1.29 is 9.84 Å². The van der Waals surface area contributed by atoms with Crippen LogP contribution in [0.15, 0.2) is 24.3 Å². The SMILES string of the molecule is CCC(CCO)NC(CN)c1ccccc1OC. The third-order valence-corrected chi connectivity index (χ3v) is 3.16. The van der Waals surface area contributed by atoms with Crippen LogP contribution in [0.1, 0.15) is 31.4 Å². The molecular weight excluding hydrogens is 228 g/mol. The summed E-state index contributed by atoms with van der Waals surface area (Å²) in [5.74, 6) is 0.847. The molecule has 2 atom stereocenters. The number of benzene rings is 1. The first-order valence-corrected chi connectivity index (χ1v) is 6.46. The van der Waals surface area contributed by atoms with Crippen LogP contribution in [0.2, 0.25) is 0 Å². The maximum Gasteiger partial charge on any atom is 0.123 e. The molecule has 0 heterocycles. The molecule has 0 aromatic heterocycles. The van der Waals surface area contributed by atoms with E-state index in [9.17, 15) is 0 Å². The fourth-order valence-electron chi connectivity index (χ4n) is 2.08. The van der Waals surface area contributed by atoms with Crippen LogP contribution in [0, 0.1) is 0 Å². The van der Waals surface area contributed by atoms with Gasteiger partial charge in [-0.3, -0.25) is 0 Å². The van der Waals surface area contributed by atoms with Crippen LogP contribution in [0.3, 0.4) is 0 Å². The van der Waals surface area contributed by atoms with Crippen LogP contribution >= 0.6 is 0 Å². The van der Waals surface area contributed by atoms with Gasteiger partial charge in [0.25, 0.3) is 0 Å². The summed E-state index contributed by atoms with van der Waals surface area (Å²) in [6, 6.07) is 8.21. The molecule has 0 saturated carbocycles. The first-order valence-electron chi connectivity index (χ1n) is 6.46. The lowest BCUT2D eigenvalue weighted by Gasteiger charge is -2.25. The third kappa shape index (κ3) is 3.98. The minimum atomic E-state index is 0.0534. The summed E-state index contributed by atoms with van der Waals surface area (Å²) in [5.41, 5.74) is 6.92. The Morgan fingerprint density at radius 1 is 1.39 bits per heavy atom. The van der Waals surface area contributed by atoms with E-state index in [0.717, 1.165) is 24.2 Å². The van der Waals surface area contributed by atoms with E-state index in [1.54, 1.807) is 7.11 Å². The fraction of sp³-hybridized carbons (Fsp3) is 0.571. The average Bonchev–Trinajstić information content (AvgIpc) is 2.43. The van der Waals surface area contributed by atoms with Gasteiger partial charge in [0.15, 0.2) is 0 Å². The predicted octanol–water partition coefficient (Wildman–Crippen LogP) is 1.45. The van der Waals surface area contributed by atoms with E-state index >= 15 is 0 Å². The van der Waals surface area contributed by atoms with Crippen molar-refractivity contribution in [3.05, 3.63) is 29.8 Å². The molecule has 4 heteroatoms. The third-order valence-electron chi connectivity index (χ3n) is 3.16. The van der Waals surface area contributed by atoms with E-state index in [1.807, 2.05) is 24.3 Å². The summed E-state index contributed by atoms with van der Waals surface area (Å²) < 4.78 is 5.36. The number of hydrogen-bond acceptors (Lipinski definition) is 4. The van der Waals surface area contributed by atoms with Gasteiger partial charge in [0.1, 0.15) is 5.75 Å². The van der Waals surface area contributed by atoms with Crippen molar-refractivity contribution in [3.8, 4) is 5.75 Å². The maximum atomic E-state index is 9.03. The predicted molar refractivity (Wildman–Crippen MR) is 73.7 cm³/mol. The molecule has 1 aromatic carbocycles. The fourth-order valence-corrected chi connectivity index (χ4v) is 2.08. The van der Waals surface area contributed by atoms with Gasteiger partial charge in [-0.15, -0.1) is 0 Å². The summed E-state index contributed by atoms with van der Waals surface area (Å²) in [6.45, 7) is 2.79. The molecule has 0 aliphatic carbocycles. The molecule has 1 aromatic rings. The Kier molecular flexibility index (Phi) is 6.72. The Hall–Kier alpha value is -1.10. The summed E-state index contributed by atoms with van der Waals surface area (Å²) in [5, 5.41) is 12.5. The number of rotatable bonds is 8. The molecule has 0 spiro atoms. The first-order chi connectivity index (χ1) is 8.76. The van der Waals surface area contributed by atoms with E-state index in [2.05, 4.69) is 12.2 Å². The van der Waals surface area contributed by atoms with E-state index in [-0.39, 0.29) is 18.7 Å². The quantitative estimate of drug-likeness (QED) is 0.655. The number of nitrogens with two attached hydrogens (primary N) is 1. The van der Waals surface area contributed by atoms with Gasteiger partial charge < -0.3 is 20.9 Å². The van der Waals surface area contributed by atoms with Crippen molar-refractivity contribution in [1.29, 1.82) is 0 Å². The van der Waals surface area contributed by atoms with Gasteiger partial charge in [-0.2, -0.15) is 0 Å². The number of methoxy groups -OCH3 is 1. The lowest BCUT2D eigenvalue weighted by molar-refractivity contribution is 0.255. The highest BCUT2D eigenvalue weighted by Crippen LogP contribution is 2.24. The zero-order valence-corrected chi connectivity index (χ0v) is 11.2. The number of ether oxygens (including phenoxy) is 1. The molecule has 0 amide bonds. The van der Waals surface area contributed by atoms with Crippen LogP contribution in [0.5, 0.6) is 5.75 Å². The van der Waals surface area contributed by atoms with Gasteiger partial charge in [-0.1, -0.05) is 25.1 Å². The lowest BCUT2D eigenvalue weighted by Crippen LogP contribution is -2.37. The van der Waals surface area contributed by atoms with Crippen LogP contribution < -0.4 is 15.8 Å². The van der Waals surface area contributed by atoms with Crippen molar-refractivity contribution in [1.82, 2.24) is 5.32 Å². The Balaban J connectivity index is 2.81. The van der Waals surface area contributed by atoms with Gasteiger partial charge in [0, 0.05) is 30.8 Å². The van der Waals surface area contributed by atoms with Crippen molar-refractivity contribution in [3.63, 3.8) is 0 Å². The second-order valence-corrected chi connectivity index (χ2v) is 4.31. The Bertz CT molecular complexity index is 344. The molecule has 1 rings (SSSR count). The molecular formula is C14H24N2O2. The minimum Gasteiger partial charge on any atom is -0.496 e. The molecule has 0 bridgehead atoms. The molecule has 0 saturated heterocycles. The molecule has 0 radical (unpaired) electrons. The highest BCUT2D eigenvalue weighted by Gasteiger charge is 2.17. The standard InChI is InChI=1S/C14H24N2O2/c1-3-11(8-9-17)16-13(10-15)12-6-4-5-7-14(12)18-2/h4-7,11,13,16-17H,3,8-10,15H2,1-2H3. The lowest BCUT2D eigenvalue weighted by atomic mass is 10.0. The topological polar surface area (TPSA) is 67.5 Å². The first kappa shape index (κ1) is 15.0. The van der Waals surface area contributed by atoms with E-state index in [4.69, 9.17) is 15.6 Å². The highest BCUT2D eigenvalue weighted by molar-refractivity contribution is 5.36. The minimum absolute atomic E-state index is 0.0534. The van der Waals surface area contributed by atoms with Gasteiger partial charge >= 0.3 is 0 Å². The molecule has 4 N–H and O–H groups in total. The zero-order valence-electron chi connectivity index (χ0n) is 11.2. The molecule has 0 aliphatic heterocycles. The molecule has 18 heavy (non-hydrogen) atoms. The summed E-state index contributed by atoms with van der Waals surface area (Å²) in [7, 11) is 1.66. The number of aliphatic hydroxyl groups excluding tert-OH is 1. The van der Waals surface area contributed by atoms with Crippen molar-refractivity contribution in [2.75, 3.05) is 20.3 Å². The largest absolute Gasteiger partial charge is 0.496 e. The summed E-state index contributed by atoms with van der Waals surface area (Å²) >= 11 is 0. The second kappa shape index (κ2) is 8.08. The van der Waals surface area contributed by atoms with Gasteiger partial charge in [-0.05, 0) is 18.9 Å². The average molecular weight is 252 g/mol. The summed E-state index contributed by atoms with van der Waals surface area (Å²) in [4.78, 5) is 0. The molecule has 2 unspecified atom stereocenters. The normalized spacial score (nSPS) is 14.2.